The summed E-state index contributed by atoms with van der Waals surface area (Å²) >= 11 is 0. The lowest BCUT2D eigenvalue weighted by Crippen LogP contribution is -2.43. The lowest BCUT2D eigenvalue weighted by atomic mass is 9.96. The van der Waals surface area contributed by atoms with Crippen molar-refractivity contribution >= 4 is 35.8 Å². The summed E-state index contributed by atoms with van der Waals surface area (Å²) in [6.07, 6.45) is 4.06. The number of hydrogen-bond acceptors (Lipinski definition) is 2. The number of carbonyl (C=O) groups excluding carboxylic acids is 1. The zero-order valence-corrected chi connectivity index (χ0v) is 17.1. The number of hydrogen-bond donors (Lipinski definition) is 3. The predicted molar refractivity (Wildman–Crippen MR) is 106 cm³/mol. The van der Waals surface area contributed by atoms with Crippen molar-refractivity contribution in [2.24, 2.45) is 17.5 Å². The van der Waals surface area contributed by atoms with E-state index in [4.69, 9.17) is 0 Å². The summed E-state index contributed by atoms with van der Waals surface area (Å²) in [7, 11) is 1.99. The molecule has 6 nitrogen and oxygen atoms in total. The molecule has 0 spiro atoms. The fourth-order valence-corrected chi connectivity index (χ4v) is 1.79. The molecule has 0 aliphatic rings. The standard InChI is InChI=1S/C16H29N5O.HI/c1-6-17-15(20-11-13-7-10-21(5)12-13)19-9-8-18-14(22)16(2,3)4;/h7,10,12H,6,8-9,11H2,1-5H3,(H,18,22)(H2,17,19,20);1H. The summed E-state index contributed by atoms with van der Waals surface area (Å²) in [5.41, 5.74) is 0.812. The highest BCUT2D eigenvalue weighted by Crippen LogP contribution is 2.11. The van der Waals surface area contributed by atoms with Gasteiger partial charge in [-0.2, -0.15) is 0 Å². The number of aromatic nitrogens is 1. The van der Waals surface area contributed by atoms with Crippen LogP contribution in [0.15, 0.2) is 23.5 Å². The Hall–Kier alpha value is -1.25. The van der Waals surface area contributed by atoms with E-state index in [1.807, 2.05) is 45.5 Å². The van der Waals surface area contributed by atoms with Crippen LogP contribution in [-0.2, 0) is 18.4 Å². The molecule has 3 N–H and O–H groups in total. The average molecular weight is 435 g/mol. The van der Waals surface area contributed by atoms with Gasteiger partial charge in [-0.15, -0.1) is 24.0 Å². The molecule has 0 atom stereocenters. The van der Waals surface area contributed by atoms with Gasteiger partial charge in [0.05, 0.1) is 6.54 Å². The molecule has 23 heavy (non-hydrogen) atoms. The Kier molecular flexibility index (Phi) is 9.94. The molecule has 1 aromatic heterocycles. The summed E-state index contributed by atoms with van der Waals surface area (Å²) in [6, 6.07) is 2.05. The first-order valence-electron chi connectivity index (χ1n) is 7.74. The maximum absolute atomic E-state index is 11.8. The van der Waals surface area contributed by atoms with Crippen LogP contribution < -0.4 is 16.0 Å². The summed E-state index contributed by atoms with van der Waals surface area (Å²) in [5.74, 6) is 0.817. The van der Waals surface area contributed by atoms with Crippen molar-refractivity contribution in [3.8, 4) is 0 Å². The zero-order chi connectivity index (χ0) is 16.6. The largest absolute Gasteiger partial charge is 0.357 e. The van der Waals surface area contributed by atoms with Crippen molar-refractivity contribution in [3.05, 3.63) is 24.0 Å². The second-order valence-corrected chi connectivity index (χ2v) is 6.31. The van der Waals surface area contributed by atoms with E-state index < -0.39 is 0 Å². The first-order valence-corrected chi connectivity index (χ1v) is 7.74. The first-order chi connectivity index (χ1) is 10.3. The fourth-order valence-electron chi connectivity index (χ4n) is 1.79. The third-order valence-corrected chi connectivity index (χ3v) is 3.04. The molecule has 0 unspecified atom stereocenters. The molecule has 0 aromatic carbocycles. The van der Waals surface area contributed by atoms with Crippen molar-refractivity contribution < 1.29 is 4.79 Å². The summed E-state index contributed by atoms with van der Waals surface area (Å²) < 4.78 is 2.01. The van der Waals surface area contributed by atoms with Crippen molar-refractivity contribution in [2.45, 2.75) is 34.2 Å². The van der Waals surface area contributed by atoms with Crippen LogP contribution in [0.2, 0.25) is 0 Å². The molecular formula is C16H30IN5O. The van der Waals surface area contributed by atoms with Crippen LogP contribution >= 0.6 is 24.0 Å². The van der Waals surface area contributed by atoms with Gasteiger partial charge in [0.2, 0.25) is 5.91 Å². The quantitative estimate of drug-likeness (QED) is 0.277. The minimum atomic E-state index is -0.355. The van der Waals surface area contributed by atoms with Crippen LogP contribution in [0.4, 0.5) is 0 Å². The number of guanidine groups is 1. The molecule has 1 heterocycles. The molecule has 0 saturated heterocycles. The van der Waals surface area contributed by atoms with E-state index in [1.165, 1.54) is 5.56 Å². The second kappa shape index (κ2) is 10.5. The van der Waals surface area contributed by atoms with Crippen LogP contribution in [0.25, 0.3) is 0 Å². The number of aryl methyl sites for hydroxylation is 1. The molecule has 132 valence electrons. The molecule has 1 amide bonds. The lowest BCUT2D eigenvalue weighted by Gasteiger charge is -2.18. The maximum Gasteiger partial charge on any atom is 0.225 e. The number of carbonyl (C=O) groups is 1. The Morgan fingerprint density at radius 2 is 1.87 bits per heavy atom. The summed E-state index contributed by atoms with van der Waals surface area (Å²) in [4.78, 5) is 16.3. The predicted octanol–water partition coefficient (Wildman–Crippen LogP) is 1.86. The van der Waals surface area contributed by atoms with Crippen molar-refractivity contribution in [1.82, 2.24) is 20.5 Å². The molecule has 0 aliphatic carbocycles. The Balaban J connectivity index is 0.00000484. The highest BCUT2D eigenvalue weighted by Gasteiger charge is 2.20. The minimum Gasteiger partial charge on any atom is -0.357 e. The van der Waals surface area contributed by atoms with Crippen molar-refractivity contribution in [2.75, 3.05) is 19.6 Å². The Morgan fingerprint density at radius 1 is 1.22 bits per heavy atom. The number of nitrogens with one attached hydrogen (secondary N) is 3. The van der Waals surface area contributed by atoms with Gasteiger partial charge in [0.25, 0.3) is 0 Å². The minimum absolute atomic E-state index is 0. The number of rotatable bonds is 6. The smallest absolute Gasteiger partial charge is 0.225 e. The average Bonchev–Trinajstić information content (AvgIpc) is 2.85. The van der Waals surface area contributed by atoms with Crippen molar-refractivity contribution in [1.29, 1.82) is 0 Å². The summed E-state index contributed by atoms with van der Waals surface area (Å²) in [6.45, 7) is 10.4. The Morgan fingerprint density at radius 3 is 2.39 bits per heavy atom. The molecule has 1 aromatic rings. The maximum atomic E-state index is 11.8. The molecule has 1 rings (SSSR count). The van der Waals surface area contributed by atoms with E-state index in [0.717, 1.165) is 12.5 Å². The molecule has 0 radical (unpaired) electrons. The van der Waals surface area contributed by atoms with Gasteiger partial charge in [-0.3, -0.25) is 4.79 Å². The summed E-state index contributed by atoms with van der Waals surface area (Å²) in [5, 5.41) is 9.33. The number of amides is 1. The molecular weight excluding hydrogens is 405 g/mol. The second-order valence-electron chi connectivity index (χ2n) is 6.31. The van der Waals surface area contributed by atoms with Gasteiger partial charge in [0.1, 0.15) is 0 Å². The number of halogens is 1. The van der Waals surface area contributed by atoms with Gasteiger partial charge in [0, 0.05) is 44.5 Å². The highest BCUT2D eigenvalue weighted by atomic mass is 127. The number of aliphatic imine (C=N–C) groups is 1. The van der Waals surface area contributed by atoms with Gasteiger partial charge >= 0.3 is 0 Å². The molecule has 0 aliphatic heterocycles. The number of nitrogens with zero attached hydrogens (tertiary/aromatic N) is 2. The van der Waals surface area contributed by atoms with E-state index in [0.29, 0.717) is 19.6 Å². The normalized spacial score (nSPS) is 11.6. The van der Waals surface area contributed by atoms with Gasteiger partial charge < -0.3 is 20.5 Å². The van der Waals surface area contributed by atoms with Crippen LogP contribution in [0.1, 0.15) is 33.3 Å². The fraction of sp³-hybridized carbons (Fsp3) is 0.625. The Bertz CT molecular complexity index is 505. The van der Waals surface area contributed by atoms with E-state index >= 15 is 0 Å². The van der Waals surface area contributed by atoms with Crippen LogP contribution in [0.3, 0.4) is 0 Å². The van der Waals surface area contributed by atoms with Crippen LogP contribution in [-0.4, -0.2) is 36.1 Å². The van der Waals surface area contributed by atoms with Crippen LogP contribution in [0.5, 0.6) is 0 Å². The third-order valence-electron chi connectivity index (χ3n) is 3.04. The van der Waals surface area contributed by atoms with E-state index in [9.17, 15) is 4.79 Å². The lowest BCUT2D eigenvalue weighted by molar-refractivity contribution is -0.128. The molecule has 7 heteroatoms. The molecule has 0 bridgehead atoms. The zero-order valence-electron chi connectivity index (χ0n) is 14.8. The van der Waals surface area contributed by atoms with Gasteiger partial charge in [-0.05, 0) is 18.6 Å². The first kappa shape index (κ1) is 21.8. The molecule has 0 fully saturated rings. The van der Waals surface area contributed by atoms with Gasteiger partial charge in [0.15, 0.2) is 5.96 Å². The monoisotopic (exact) mass is 435 g/mol. The van der Waals surface area contributed by atoms with Crippen LogP contribution in [0, 0.1) is 5.41 Å². The van der Waals surface area contributed by atoms with E-state index in [-0.39, 0.29) is 35.3 Å². The van der Waals surface area contributed by atoms with Crippen molar-refractivity contribution in [3.63, 3.8) is 0 Å². The Labute approximate surface area is 156 Å². The SMILES string of the molecule is CCNC(=NCc1ccn(C)c1)NCCNC(=O)C(C)(C)C.I. The third kappa shape index (κ3) is 8.83. The highest BCUT2D eigenvalue weighted by molar-refractivity contribution is 14.0. The van der Waals surface area contributed by atoms with Gasteiger partial charge in [-0.25, -0.2) is 4.99 Å². The van der Waals surface area contributed by atoms with E-state index in [2.05, 4.69) is 33.2 Å². The topological polar surface area (TPSA) is 70.5 Å². The van der Waals surface area contributed by atoms with Gasteiger partial charge in [-0.1, -0.05) is 20.8 Å². The molecule has 0 saturated carbocycles. The van der Waals surface area contributed by atoms with E-state index in [1.54, 1.807) is 0 Å².